The molecule has 0 rings (SSSR count). The third-order valence-electron chi connectivity index (χ3n) is 13.0. The van der Waals surface area contributed by atoms with Gasteiger partial charge < -0.3 is 0 Å². The van der Waals surface area contributed by atoms with Gasteiger partial charge in [-0.25, -0.2) is 0 Å². The molecule has 0 atom stereocenters. The van der Waals surface area contributed by atoms with Gasteiger partial charge in [-0.15, -0.1) is 0 Å². The van der Waals surface area contributed by atoms with E-state index in [-0.39, 0.29) is 0 Å². The van der Waals surface area contributed by atoms with Crippen molar-refractivity contribution < 1.29 is 0 Å². The summed E-state index contributed by atoms with van der Waals surface area (Å²) in [6, 6.07) is 0. The van der Waals surface area contributed by atoms with Crippen molar-refractivity contribution in [3.63, 3.8) is 0 Å². The van der Waals surface area contributed by atoms with Gasteiger partial charge in [-0.2, -0.15) is 0 Å². The predicted octanol–water partition coefficient (Wildman–Crippen LogP) is 17.9. The molecule has 0 bridgehead atoms. The van der Waals surface area contributed by atoms with Gasteiger partial charge >= 0.3 is 324 Å². The van der Waals surface area contributed by atoms with Crippen LogP contribution in [0.25, 0.3) is 0 Å². The summed E-state index contributed by atoms with van der Waals surface area (Å²) in [5.41, 5.74) is 0. The second kappa shape index (κ2) is 39.6. The normalized spacial score (nSPS) is 13.0. The van der Waals surface area contributed by atoms with Gasteiger partial charge in [-0.05, 0) is 0 Å². The second-order valence-electron chi connectivity index (χ2n) is 17.9. The van der Waals surface area contributed by atoms with Gasteiger partial charge in [-0.3, -0.25) is 0 Å². The summed E-state index contributed by atoms with van der Waals surface area (Å²) >= 11 is 0. The number of unbranched alkanes of at least 4 members (excludes halogenated alkanes) is 27. The molecule has 0 aliphatic rings. The van der Waals surface area contributed by atoms with E-state index in [1.54, 1.807) is 101 Å². The van der Waals surface area contributed by atoms with Crippen molar-refractivity contribution in [1.82, 2.24) is 0 Å². The van der Waals surface area contributed by atoms with Crippen molar-refractivity contribution in [1.29, 1.82) is 0 Å². The van der Waals surface area contributed by atoms with E-state index in [0.717, 1.165) is 0 Å². The maximum absolute atomic E-state index is 2.38. The van der Waals surface area contributed by atoms with Crippen molar-refractivity contribution in [3.8, 4) is 0 Å². The average Bonchev–Trinajstić information content (AvgIpc) is 3.13. The van der Waals surface area contributed by atoms with Crippen LogP contribution in [0, 0.1) is 0 Å². The van der Waals surface area contributed by atoms with Crippen molar-refractivity contribution in [2.45, 2.75) is 260 Å². The number of hydrogen-bond acceptors (Lipinski definition) is 0. The van der Waals surface area contributed by atoms with Gasteiger partial charge in [0.05, 0.1) is 0 Å². The van der Waals surface area contributed by atoms with Gasteiger partial charge in [0.1, 0.15) is 0 Å². The fraction of sp³-hybridized carbons (Fsp3) is 1.00. The molecule has 0 N–H and O–H groups in total. The summed E-state index contributed by atoms with van der Waals surface area (Å²) in [6.45, 7) is 14.3. The van der Waals surface area contributed by atoms with Crippen molar-refractivity contribution in [2.24, 2.45) is 0 Å². The maximum atomic E-state index is 2.38. The summed E-state index contributed by atoms with van der Waals surface area (Å²) < 4.78 is 0. The molecule has 0 amide bonds. The molecule has 306 valence electrons. The van der Waals surface area contributed by atoms with Crippen molar-refractivity contribution in [3.05, 3.63) is 0 Å². The summed E-state index contributed by atoms with van der Waals surface area (Å²) in [5, 5.41) is 0. The topological polar surface area (TPSA) is 0 Å². The molecule has 2 heteroatoms. The zero-order valence-corrected chi connectivity index (χ0v) is 38.7. The summed E-state index contributed by atoms with van der Waals surface area (Å²) in [7, 11) is -2.17. The van der Waals surface area contributed by atoms with Crippen LogP contribution in [-0.2, 0) is 0 Å². The Hall–Kier alpha value is 0.860. The van der Waals surface area contributed by atoms with E-state index in [9.17, 15) is 0 Å². The average molecular weight is 743 g/mol. The molecular weight excluding hydrogens is 638 g/mol. The van der Waals surface area contributed by atoms with E-state index in [4.69, 9.17) is 0 Å². The first kappa shape index (κ1) is 50.9. The van der Waals surface area contributed by atoms with E-state index in [1.165, 1.54) is 167 Å². The molecule has 0 aromatic heterocycles. The van der Waals surface area contributed by atoms with Crippen LogP contribution in [0.1, 0.15) is 260 Å². The van der Waals surface area contributed by atoms with Gasteiger partial charge in [0, 0.05) is 0 Å². The zero-order chi connectivity index (χ0) is 36.7. The van der Waals surface area contributed by atoms with E-state index < -0.39 is 14.5 Å². The van der Waals surface area contributed by atoms with Gasteiger partial charge in [0.15, 0.2) is 0 Å². The Bertz CT molecular complexity index is 513. The predicted molar refractivity (Wildman–Crippen MR) is 247 cm³/mol. The Kier molecular flexibility index (Phi) is 40.2. The second-order valence-corrected chi connectivity index (χ2v) is 27.9. The number of hydrogen-bond donors (Lipinski definition) is 0. The molecule has 0 spiro atoms. The standard InChI is InChI=1S/C48H104P2/c1-7-13-19-33-41-49(42-34-20-14-8-2,43-35-21-15-9-3)47-39-31-29-27-25-26-28-30-32-40-48-50(44-36-22-16-10-4,45-37-23-17-11-5)46-38-24-18-12-6/h49-50H,7-48H2,1-6H3. The summed E-state index contributed by atoms with van der Waals surface area (Å²) in [5.74, 6) is 0. The number of rotatable bonds is 43. The first-order valence-corrected chi connectivity index (χ1v) is 30.2. The van der Waals surface area contributed by atoms with Gasteiger partial charge in [0.2, 0.25) is 0 Å². The Morgan fingerprint density at radius 1 is 0.160 bits per heavy atom. The van der Waals surface area contributed by atoms with Crippen LogP contribution < -0.4 is 0 Å². The molecular formula is C48H104P2. The molecule has 0 aromatic carbocycles. The van der Waals surface area contributed by atoms with E-state index in [0.29, 0.717) is 0 Å². The van der Waals surface area contributed by atoms with Crippen molar-refractivity contribution in [2.75, 3.05) is 49.3 Å². The molecule has 0 aromatic rings. The van der Waals surface area contributed by atoms with Crippen LogP contribution in [-0.4, -0.2) is 49.3 Å². The molecule has 0 heterocycles. The van der Waals surface area contributed by atoms with Crippen LogP contribution in [0.3, 0.4) is 0 Å². The third-order valence-corrected chi connectivity index (χ3v) is 24.3. The Morgan fingerprint density at radius 2 is 0.280 bits per heavy atom. The Balaban J connectivity index is 4.63. The van der Waals surface area contributed by atoms with E-state index >= 15 is 0 Å². The van der Waals surface area contributed by atoms with Crippen LogP contribution in [0.2, 0.25) is 0 Å². The Morgan fingerprint density at radius 3 is 0.420 bits per heavy atom. The monoisotopic (exact) mass is 743 g/mol. The quantitative estimate of drug-likeness (QED) is 0.0431. The SMILES string of the molecule is CCCCCC[PH](CCCCCC)(CCCCCC)CCCCCCCCCCCC[PH](CCCCCC)(CCCCCC)CCCCCC. The summed E-state index contributed by atoms with van der Waals surface area (Å²) in [6.07, 6.45) is 64.3. The summed E-state index contributed by atoms with van der Waals surface area (Å²) in [4.78, 5) is 0. The molecule has 0 nitrogen and oxygen atoms in total. The van der Waals surface area contributed by atoms with Gasteiger partial charge in [-0.1, -0.05) is 0 Å². The Labute approximate surface area is 322 Å². The zero-order valence-electron chi connectivity index (χ0n) is 36.7. The fourth-order valence-corrected chi connectivity index (χ4v) is 20.5. The molecule has 0 saturated carbocycles. The van der Waals surface area contributed by atoms with Crippen LogP contribution in [0.15, 0.2) is 0 Å². The molecule has 0 unspecified atom stereocenters. The minimum atomic E-state index is -1.09. The fourth-order valence-electron chi connectivity index (χ4n) is 9.47. The third kappa shape index (κ3) is 31.2. The molecule has 0 aliphatic carbocycles. The van der Waals surface area contributed by atoms with Crippen LogP contribution in [0.5, 0.6) is 0 Å². The molecule has 50 heavy (non-hydrogen) atoms. The van der Waals surface area contributed by atoms with Gasteiger partial charge in [0.25, 0.3) is 0 Å². The minimum absolute atomic E-state index is 1.09. The van der Waals surface area contributed by atoms with E-state index in [1.807, 2.05) is 0 Å². The molecule has 0 saturated heterocycles. The molecule has 0 aliphatic heterocycles. The molecule has 0 fully saturated rings. The van der Waals surface area contributed by atoms with E-state index in [2.05, 4.69) is 41.5 Å². The first-order chi connectivity index (χ1) is 24.6. The molecule has 0 radical (unpaired) electrons. The van der Waals surface area contributed by atoms with Crippen LogP contribution >= 0.6 is 14.5 Å². The van der Waals surface area contributed by atoms with Crippen LogP contribution in [0.4, 0.5) is 0 Å². The first-order valence-electron chi connectivity index (χ1n) is 24.6. The van der Waals surface area contributed by atoms with Crippen molar-refractivity contribution >= 4 is 14.5 Å².